The summed E-state index contributed by atoms with van der Waals surface area (Å²) in [4.78, 5) is 73.1. The van der Waals surface area contributed by atoms with Crippen LogP contribution in [0.2, 0.25) is 0 Å². The highest BCUT2D eigenvalue weighted by molar-refractivity contribution is 5.99. The summed E-state index contributed by atoms with van der Waals surface area (Å²) in [6.07, 6.45) is -1.67. The number of hydrogen-bond acceptors (Lipinski definition) is 8. The van der Waals surface area contributed by atoms with Crippen LogP contribution in [0, 0.1) is 18.8 Å². The number of rotatable bonds is 11. The van der Waals surface area contributed by atoms with Gasteiger partial charge in [0.25, 0.3) is 5.91 Å². The quantitative estimate of drug-likeness (QED) is 0.0991. The molecule has 1 aliphatic heterocycles. The van der Waals surface area contributed by atoms with Crippen molar-refractivity contribution >= 4 is 46.6 Å². The summed E-state index contributed by atoms with van der Waals surface area (Å²) in [6, 6.07) is 16.1. The van der Waals surface area contributed by atoms with Crippen LogP contribution in [-0.2, 0) is 31.7 Å². The molecule has 0 radical (unpaired) electrons. The number of nitrogens with one attached hydrogen (secondary N) is 5. The Morgan fingerprint density at radius 1 is 0.831 bits per heavy atom. The van der Waals surface area contributed by atoms with Gasteiger partial charge in [-0.3, -0.25) is 14.4 Å². The van der Waals surface area contributed by atoms with Crippen LogP contribution in [0.5, 0.6) is 0 Å². The maximum Gasteiger partial charge on any atom is 0.449 e. The Kier molecular flexibility index (Phi) is 14.8. The fourth-order valence-corrected chi connectivity index (χ4v) is 8.11. The molecule has 2 fully saturated rings. The van der Waals surface area contributed by atoms with E-state index >= 15 is 0 Å². The Morgan fingerprint density at radius 3 is 2.11 bits per heavy atom. The molecule has 350 valence electrons. The molecule has 17 heteroatoms. The average molecular weight is 904 g/mol. The molecule has 14 nitrogen and oxygen atoms in total. The van der Waals surface area contributed by atoms with Crippen LogP contribution < -0.4 is 21.3 Å². The molecule has 3 aromatic carbocycles. The lowest BCUT2D eigenvalue weighted by Crippen LogP contribution is -2.48. The number of nitrogens with zero attached hydrogens (tertiary/aromatic N) is 2. The Balaban J connectivity index is 1.10. The zero-order valence-corrected chi connectivity index (χ0v) is 38.0. The number of piperidine rings is 1. The van der Waals surface area contributed by atoms with Crippen molar-refractivity contribution in [2.24, 2.45) is 11.8 Å². The van der Waals surface area contributed by atoms with Gasteiger partial charge in [0.05, 0.1) is 11.0 Å². The van der Waals surface area contributed by atoms with E-state index in [1.54, 1.807) is 31.7 Å². The summed E-state index contributed by atoms with van der Waals surface area (Å²) in [5.74, 6) is -2.38. The number of fused-ring (bicyclic) bond motifs is 1. The van der Waals surface area contributed by atoms with E-state index in [0.29, 0.717) is 63.7 Å². The minimum atomic E-state index is -4.68. The van der Waals surface area contributed by atoms with Crippen LogP contribution in [0.1, 0.15) is 107 Å². The van der Waals surface area contributed by atoms with Crippen LogP contribution in [0.15, 0.2) is 60.7 Å². The maximum absolute atomic E-state index is 13.9. The zero-order valence-electron chi connectivity index (χ0n) is 38.0. The molecule has 5 N–H and O–H groups in total. The fraction of sp³-hybridized carbons (Fsp3) is 0.500. The number of aryl methyl sites for hydroxylation is 1. The normalized spacial score (nSPS) is 17.8. The van der Waals surface area contributed by atoms with Gasteiger partial charge in [0.2, 0.25) is 17.6 Å². The van der Waals surface area contributed by atoms with Crippen molar-refractivity contribution in [2.75, 3.05) is 25.0 Å². The van der Waals surface area contributed by atoms with E-state index in [-0.39, 0.29) is 58.9 Å². The Bertz CT molecular complexity index is 2350. The zero-order chi connectivity index (χ0) is 47.3. The monoisotopic (exact) mass is 903 g/mol. The first-order valence-corrected chi connectivity index (χ1v) is 22.1. The Morgan fingerprint density at radius 2 is 1.49 bits per heavy atom. The third kappa shape index (κ3) is 13.7. The van der Waals surface area contributed by atoms with E-state index in [1.807, 2.05) is 64.1 Å². The van der Waals surface area contributed by atoms with E-state index in [0.717, 1.165) is 22.3 Å². The number of hydrogen-bond donors (Lipinski definition) is 5. The van der Waals surface area contributed by atoms with Crippen molar-refractivity contribution in [3.8, 4) is 11.1 Å². The second-order valence-electron chi connectivity index (χ2n) is 19.1. The molecule has 1 saturated carbocycles. The molecular weight excluding hydrogens is 844 g/mol. The Hall–Kier alpha value is -6.13. The second-order valence-corrected chi connectivity index (χ2v) is 19.1. The summed E-state index contributed by atoms with van der Waals surface area (Å²) in [5.41, 5.74) is 3.12. The van der Waals surface area contributed by atoms with Crippen LogP contribution in [0.4, 0.5) is 28.4 Å². The number of alkyl halides is 3. The van der Waals surface area contributed by atoms with E-state index in [2.05, 4.69) is 31.2 Å². The average Bonchev–Trinajstić information content (AvgIpc) is 3.67. The number of benzene rings is 3. The molecule has 65 heavy (non-hydrogen) atoms. The van der Waals surface area contributed by atoms with Gasteiger partial charge in [-0.1, -0.05) is 30.3 Å². The number of anilines is 1. The highest BCUT2D eigenvalue weighted by Gasteiger charge is 2.35. The van der Waals surface area contributed by atoms with Gasteiger partial charge in [0, 0.05) is 49.3 Å². The van der Waals surface area contributed by atoms with E-state index in [4.69, 9.17) is 9.47 Å². The summed E-state index contributed by atoms with van der Waals surface area (Å²) < 4.78 is 50.8. The van der Waals surface area contributed by atoms with Crippen molar-refractivity contribution < 1.29 is 46.6 Å². The number of likely N-dealkylation sites (tertiary alicyclic amines) is 1. The van der Waals surface area contributed by atoms with Gasteiger partial charge in [-0.05, 0) is 145 Å². The summed E-state index contributed by atoms with van der Waals surface area (Å²) >= 11 is 0. The predicted molar refractivity (Wildman–Crippen MR) is 240 cm³/mol. The van der Waals surface area contributed by atoms with Gasteiger partial charge in [0.15, 0.2) is 0 Å². The van der Waals surface area contributed by atoms with Gasteiger partial charge >= 0.3 is 18.4 Å². The maximum atomic E-state index is 13.9. The second kappa shape index (κ2) is 19.9. The Labute approximate surface area is 377 Å². The van der Waals surface area contributed by atoms with Crippen molar-refractivity contribution in [1.82, 2.24) is 30.8 Å². The van der Waals surface area contributed by atoms with Crippen molar-refractivity contribution in [3.63, 3.8) is 0 Å². The number of aromatic nitrogens is 2. The minimum absolute atomic E-state index is 0.0780. The van der Waals surface area contributed by atoms with Gasteiger partial charge in [-0.15, -0.1) is 0 Å². The number of H-pyrrole nitrogens is 1. The molecule has 6 rings (SSSR count). The number of halogens is 3. The van der Waals surface area contributed by atoms with Crippen LogP contribution in [0.25, 0.3) is 22.2 Å². The third-order valence-corrected chi connectivity index (χ3v) is 11.5. The van der Waals surface area contributed by atoms with Gasteiger partial charge in [-0.25, -0.2) is 14.6 Å². The van der Waals surface area contributed by atoms with E-state index in [9.17, 15) is 37.1 Å². The lowest BCUT2D eigenvalue weighted by atomic mass is 9.81. The highest BCUT2D eigenvalue weighted by Crippen LogP contribution is 2.31. The van der Waals surface area contributed by atoms with Crippen molar-refractivity contribution in [2.45, 2.75) is 123 Å². The summed E-state index contributed by atoms with van der Waals surface area (Å²) in [7, 11) is 0. The smallest absolute Gasteiger partial charge is 0.444 e. The number of carbonyl (C=O) groups is 5. The number of amides is 5. The van der Waals surface area contributed by atoms with Crippen molar-refractivity contribution in [1.29, 1.82) is 0 Å². The van der Waals surface area contributed by atoms with Crippen LogP contribution in [-0.4, -0.2) is 87.7 Å². The summed E-state index contributed by atoms with van der Waals surface area (Å²) in [6.45, 7) is 14.2. The minimum Gasteiger partial charge on any atom is -0.444 e. The van der Waals surface area contributed by atoms with Gasteiger partial charge in [-0.2, -0.15) is 13.2 Å². The highest BCUT2D eigenvalue weighted by atomic mass is 19.4. The van der Waals surface area contributed by atoms with Crippen molar-refractivity contribution in [3.05, 3.63) is 83.2 Å². The SMILES string of the molecule is Cc1cc(C(=O)NC2CCN(C(=O)OC(C)(C)C)CC2)ccc1-c1ccc(CC(NC(=O)C2CCC(CNC(=O)OC(C)(C)C)CC2)C(=O)Nc2ccc3nc(C(F)(F)F)[nH]c3c2)cc1. The number of aromatic amines is 1. The fourth-order valence-electron chi connectivity index (χ4n) is 8.11. The molecule has 0 spiro atoms. The molecule has 1 unspecified atom stereocenters. The van der Waals surface area contributed by atoms with E-state index < -0.39 is 41.2 Å². The first-order chi connectivity index (χ1) is 30.5. The van der Waals surface area contributed by atoms with Crippen LogP contribution in [0.3, 0.4) is 0 Å². The summed E-state index contributed by atoms with van der Waals surface area (Å²) in [5, 5.41) is 11.6. The lowest BCUT2D eigenvalue weighted by molar-refractivity contribution is -0.144. The van der Waals surface area contributed by atoms with Crippen LogP contribution >= 0.6 is 0 Å². The van der Waals surface area contributed by atoms with E-state index in [1.165, 1.54) is 18.2 Å². The lowest BCUT2D eigenvalue weighted by Gasteiger charge is -2.33. The molecule has 1 aliphatic carbocycles. The molecule has 0 bridgehead atoms. The van der Waals surface area contributed by atoms with Gasteiger partial charge in [0.1, 0.15) is 17.2 Å². The topological polar surface area (TPSA) is 184 Å². The molecule has 1 saturated heterocycles. The molecule has 1 aromatic heterocycles. The van der Waals surface area contributed by atoms with Gasteiger partial charge < -0.3 is 40.6 Å². The standard InChI is InChI=1S/C48H60F3N7O7/c1-28-24-33(41(60)53-34-20-22-58(23-21-34)45(63)65-47(5,6)7)16-18-36(28)31-12-8-29(9-13-31)25-39(42(61)54-35-17-19-37-38(26-35)57-43(56-37)48(49,50)51)55-40(59)32-14-10-30(11-15-32)27-52-44(62)64-46(2,3)4/h8-9,12-13,16-19,24,26,30,32,34,39H,10-11,14-15,20-23,25,27H2,1-7H3,(H,52,62)(H,53,60)(H,54,61)(H,55,59)(H,56,57). The number of imidazole rings is 1. The molecule has 1 atom stereocenters. The first-order valence-electron chi connectivity index (χ1n) is 22.1. The molecule has 4 aromatic rings. The molecule has 2 aliphatic rings. The first kappa shape index (κ1) is 48.3. The molecule has 5 amide bonds. The molecule has 2 heterocycles. The predicted octanol–water partition coefficient (Wildman–Crippen LogP) is 8.68. The number of alkyl carbamates (subject to hydrolysis) is 1. The number of ether oxygens (including phenoxy) is 2. The number of carbonyl (C=O) groups excluding carboxylic acids is 5. The largest absolute Gasteiger partial charge is 0.449 e. The third-order valence-electron chi connectivity index (χ3n) is 11.5. The molecular formula is C48H60F3N7O7.